The molecule has 0 saturated heterocycles. The summed E-state index contributed by atoms with van der Waals surface area (Å²) in [4.78, 5) is 29.8. The van der Waals surface area contributed by atoms with Crippen molar-refractivity contribution in [3.8, 4) is 22.9 Å². The molecule has 2 N–H and O–H groups in total. The minimum absolute atomic E-state index is 0.302. The molecule has 3 aromatic carbocycles. The molecule has 9 nitrogen and oxygen atoms in total. The number of methoxy groups -OCH3 is 1. The fourth-order valence-electron chi connectivity index (χ4n) is 4.49. The largest absolute Gasteiger partial charge is 0.465 e. The summed E-state index contributed by atoms with van der Waals surface area (Å²) in [5.74, 6) is 1.16. The number of imidazole rings is 1. The Morgan fingerprint density at radius 2 is 1.74 bits per heavy atom. The second kappa shape index (κ2) is 9.29. The third-order valence-corrected chi connectivity index (χ3v) is 6.35. The van der Waals surface area contributed by atoms with E-state index in [1.807, 2.05) is 54.2 Å². The highest BCUT2D eigenvalue weighted by molar-refractivity contribution is 6.37. The number of carbonyl (C=O) groups excluding carboxylic acids is 2. The number of esters is 1. The molecule has 0 aliphatic carbocycles. The summed E-state index contributed by atoms with van der Waals surface area (Å²) in [6, 6.07) is 18.2. The lowest BCUT2D eigenvalue weighted by Crippen LogP contribution is -2.10. The third kappa shape index (κ3) is 4.05. The zero-order valence-corrected chi connectivity index (χ0v) is 20.5. The summed E-state index contributed by atoms with van der Waals surface area (Å²) in [5.41, 5.74) is 4.97. The van der Waals surface area contributed by atoms with Crippen molar-refractivity contribution in [1.82, 2.24) is 9.55 Å². The van der Waals surface area contributed by atoms with Gasteiger partial charge in [0.2, 0.25) is 0 Å². The van der Waals surface area contributed by atoms with Crippen LogP contribution in [0.2, 0.25) is 0 Å². The standard InChI is InChI=1S/C29H22N4O5/c1-33-12-11-30-27(33)17-3-7-20(8-4-17)31-26(18-6-10-23-24(16-18)38-14-13-37-23)25-21-9-5-19(29(35)36-2)15-22(21)32-28(25)34/h3-16,31H,1-2H3,(H,32,34)/b26-25-. The fraction of sp³-hybridized carbons (Fsp3) is 0.0690. The van der Waals surface area contributed by atoms with Crippen LogP contribution in [0.5, 0.6) is 11.5 Å². The molecule has 188 valence electrons. The minimum atomic E-state index is -0.481. The monoisotopic (exact) mass is 506 g/mol. The third-order valence-electron chi connectivity index (χ3n) is 6.35. The summed E-state index contributed by atoms with van der Waals surface area (Å²) in [6.45, 7) is 0. The number of carbonyl (C=O) groups is 2. The average molecular weight is 507 g/mol. The molecule has 38 heavy (non-hydrogen) atoms. The maximum absolute atomic E-state index is 13.3. The van der Waals surface area contributed by atoms with Crippen molar-refractivity contribution < 1.29 is 23.8 Å². The van der Waals surface area contributed by atoms with Crippen LogP contribution in [0.25, 0.3) is 22.7 Å². The van der Waals surface area contributed by atoms with Crippen molar-refractivity contribution in [1.29, 1.82) is 0 Å². The number of ether oxygens (including phenoxy) is 3. The van der Waals surface area contributed by atoms with Crippen LogP contribution < -0.4 is 20.1 Å². The zero-order valence-electron chi connectivity index (χ0n) is 20.5. The van der Waals surface area contributed by atoms with Gasteiger partial charge in [0.25, 0.3) is 5.91 Å². The molecule has 0 spiro atoms. The number of nitrogens with one attached hydrogen (secondary N) is 2. The first-order valence-electron chi connectivity index (χ1n) is 11.8. The van der Waals surface area contributed by atoms with E-state index in [0.29, 0.717) is 45.1 Å². The van der Waals surface area contributed by atoms with Gasteiger partial charge in [-0.3, -0.25) is 4.79 Å². The predicted octanol–water partition coefficient (Wildman–Crippen LogP) is 5.05. The Hall–Kier alpha value is -5.31. The quantitative estimate of drug-likeness (QED) is 0.288. The Bertz CT molecular complexity index is 1650. The molecule has 1 amide bonds. The molecule has 0 saturated carbocycles. The van der Waals surface area contributed by atoms with E-state index in [0.717, 1.165) is 17.1 Å². The van der Waals surface area contributed by atoms with E-state index in [4.69, 9.17) is 14.2 Å². The Kier molecular flexibility index (Phi) is 5.65. The van der Waals surface area contributed by atoms with E-state index in [2.05, 4.69) is 15.6 Å². The van der Waals surface area contributed by atoms with Crippen LogP contribution >= 0.6 is 0 Å². The number of nitrogens with zero attached hydrogens (tertiary/aromatic N) is 2. The van der Waals surface area contributed by atoms with Gasteiger partial charge in [-0.05, 0) is 54.6 Å². The molecule has 2 aliphatic heterocycles. The highest BCUT2D eigenvalue weighted by atomic mass is 16.5. The minimum Gasteiger partial charge on any atom is -0.465 e. The second-order valence-corrected chi connectivity index (χ2v) is 8.69. The van der Waals surface area contributed by atoms with Crippen molar-refractivity contribution in [3.05, 3.63) is 102 Å². The van der Waals surface area contributed by atoms with Gasteiger partial charge in [-0.15, -0.1) is 0 Å². The normalized spacial score (nSPS) is 14.5. The van der Waals surface area contributed by atoms with E-state index >= 15 is 0 Å². The molecule has 6 rings (SSSR count). The van der Waals surface area contributed by atoms with Crippen molar-refractivity contribution in [2.75, 3.05) is 17.7 Å². The van der Waals surface area contributed by atoms with Crippen LogP contribution in [0.4, 0.5) is 11.4 Å². The molecule has 0 bridgehead atoms. The van der Waals surface area contributed by atoms with Crippen molar-refractivity contribution in [2.24, 2.45) is 7.05 Å². The predicted molar refractivity (Wildman–Crippen MR) is 142 cm³/mol. The molecule has 2 aliphatic rings. The molecule has 0 fully saturated rings. The van der Waals surface area contributed by atoms with Crippen molar-refractivity contribution in [3.63, 3.8) is 0 Å². The lowest BCUT2D eigenvalue weighted by atomic mass is 9.98. The number of fused-ring (bicyclic) bond motifs is 2. The van der Waals surface area contributed by atoms with Crippen LogP contribution in [0.15, 0.2) is 85.6 Å². The molecule has 9 heteroatoms. The Morgan fingerprint density at radius 3 is 2.47 bits per heavy atom. The van der Waals surface area contributed by atoms with E-state index in [1.165, 1.54) is 19.6 Å². The van der Waals surface area contributed by atoms with Crippen LogP contribution in [0, 0.1) is 0 Å². The highest BCUT2D eigenvalue weighted by Gasteiger charge is 2.30. The summed E-state index contributed by atoms with van der Waals surface area (Å²) in [5, 5.41) is 6.31. The number of aryl methyl sites for hydroxylation is 1. The van der Waals surface area contributed by atoms with Crippen molar-refractivity contribution in [2.45, 2.75) is 0 Å². The number of benzene rings is 3. The molecular weight excluding hydrogens is 484 g/mol. The molecule has 0 unspecified atom stereocenters. The smallest absolute Gasteiger partial charge is 0.337 e. The summed E-state index contributed by atoms with van der Waals surface area (Å²) in [6.07, 6.45) is 6.56. The van der Waals surface area contributed by atoms with E-state index in [-0.39, 0.29) is 5.91 Å². The van der Waals surface area contributed by atoms with Crippen LogP contribution in [-0.2, 0) is 16.6 Å². The lowest BCUT2D eigenvalue weighted by Gasteiger charge is -2.18. The van der Waals surface area contributed by atoms with Gasteiger partial charge < -0.3 is 29.4 Å². The van der Waals surface area contributed by atoms with Crippen molar-refractivity contribution >= 4 is 34.5 Å². The number of amides is 1. The fourth-order valence-corrected chi connectivity index (χ4v) is 4.49. The van der Waals surface area contributed by atoms with Gasteiger partial charge in [0.1, 0.15) is 18.3 Å². The summed E-state index contributed by atoms with van der Waals surface area (Å²) >= 11 is 0. The number of hydrogen-bond donors (Lipinski definition) is 2. The van der Waals surface area contributed by atoms with Gasteiger partial charge in [-0.1, -0.05) is 6.07 Å². The Morgan fingerprint density at radius 1 is 0.974 bits per heavy atom. The second-order valence-electron chi connectivity index (χ2n) is 8.69. The molecule has 1 aromatic heterocycles. The van der Waals surface area contributed by atoms with Gasteiger partial charge in [0, 0.05) is 41.8 Å². The summed E-state index contributed by atoms with van der Waals surface area (Å²) < 4.78 is 17.9. The topological polar surface area (TPSA) is 104 Å². The lowest BCUT2D eigenvalue weighted by molar-refractivity contribution is -0.110. The van der Waals surface area contributed by atoms with Gasteiger partial charge in [-0.2, -0.15) is 0 Å². The molecule has 0 atom stereocenters. The highest BCUT2D eigenvalue weighted by Crippen LogP contribution is 2.40. The molecule has 3 heterocycles. The first kappa shape index (κ1) is 23.1. The molecule has 0 radical (unpaired) electrons. The number of rotatable bonds is 5. The van der Waals surface area contributed by atoms with E-state index < -0.39 is 5.97 Å². The van der Waals surface area contributed by atoms with Gasteiger partial charge in [-0.25, -0.2) is 9.78 Å². The number of hydrogen-bond acceptors (Lipinski definition) is 7. The zero-order chi connectivity index (χ0) is 26.2. The van der Waals surface area contributed by atoms with Crippen LogP contribution in [0.1, 0.15) is 21.5 Å². The molecule has 4 aromatic rings. The van der Waals surface area contributed by atoms with Gasteiger partial charge >= 0.3 is 5.97 Å². The maximum Gasteiger partial charge on any atom is 0.337 e. The first-order chi connectivity index (χ1) is 18.5. The van der Waals surface area contributed by atoms with Gasteiger partial charge in [0.05, 0.1) is 29.6 Å². The Labute approximate surface area is 218 Å². The van der Waals surface area contributed by atoms with Crippen LogP contribution in [-0.4, -0.2) is 28.5 Å². The van der Waals surface area contributed by atoms with Crippen LogP contribution in [0.3, 0.4) is 0 Å². The Balaban J connectivity index is 1.45. The maximum atomic E-state index is 13.3. The number of anilines is 2. The average Bonchev–Trinajstić information content (AvgIpc) is 3.52. The molecular formula is C29H22N4O5. The van der Waals surface area contributed by atoms with E-state index in [1.54, 1.807) is 30.5 Å². The number of aromatic nitrogens is 2. The SMILES string of the molecule is COC(=O)c1ccc2c(c1)NC(=O)/C2=C(\Nc1ccc(-c2nccn2C)cc1)c1ccc2c(c1)OC=CO2. The van der Waals surface area contributed by atoms with E-state index in [9.17, 15) is 9.59 Å². The first-order valence-corrected chi connectivity index (χ1v) is 11.8. The summed E-state index contributed by atoms with van der Waals surface area (Å²) in [7, 11) is 3.26. The van der Waals surface area contributed by atoms with Gasteiger partial charge in [0.15, 0.2) is 11.5 Å².